The number of nitrogens with one attached hydrogen (secondary N) is 3. The molecule has 8 nitrogen and oxygen atoms in total. The van der Waals surface area contributed by atoms with Crippen molar-refractivity contribution in [1.29, 1.82) is 0 Å². The third-order valence-corrected chi connectivity index (χ3v) is 6.76. The van der Waals surface area contributed by atoms with Crippen LogP contribution in [0.2, 0.25) is 0 Å². The summed E-state index contributed by atoms with van der Waals surface area (Å²) in [5.74, 6) is -1.08. The number of halogens is 1. The number of ether oxygens (including phenoxy) is 1. The molecule has 3 N–H and O–H groups in total. The maximum Gasteiger partial charge on any atom is 0.243 e. The minimum absolute atomic E-state index is 0.0410. The van der Waals surface area contributed by atoms with Crippen LogP contribution in [-0.4, -0.2) is 67.5 Å². The van der Waals surface area contributed by atoms with Crippen molar-refractivity contribution in [3.05, 3.63) is 65.5 Å². The van der Waals surface area contributed by atoms with Crippen LogP contribution in [-0.2, 0) is 20.8 Å². The summed E-state index contributed by atoms with van der Waals surface area (Å²) in [5.41, 5.74) is 1.74. The first-order chi connectivity index (χ1) is 17.7. The van der Waals surface area contributed by atoms with Crippen molar-refractivity contribution in [1.82, 2.24) is 20.9 Å². The van der Waals surface area contributed by atoms with Gasteiger partial charge in [-0.15, -0.1) is 0 Å². The topological polar surface area (TPSA) is 99.8 Å². The van der Waals surface area contributed by atoms with Gasteiger partial charge in [-0.1, -0.05) is 37.3 Å². The Balaban J connectivity index is 1.83. The van der Waals surface area contributed by atoms with Gasteiger partial charge in [0.1, 0.15) is 29.8 Å². The molecule has 0 bridgehead atoms. The van der Waals surface area contributed by atoms with Crippen molar-refractivity contribution in [3.63, 3.8) is 0 Å². The Hall–Kier alpha value is -3.46. The number of carbonyl (C=O) groups is 3. The fourth-order valence-electron chi connectivity index (χ4n) is 4.23. The molecule has 0 spiro atoms. The summed E-state index contributed by atoms with van der Waals surface area (Å²) < 4.78 is 19.6. The van der Waals surface area contributed by atoms with E-state index in [1.165, 1.54) is 17.0 Å². The molecule has 1 unspecified atom stereocenters. The predicted octanol–water partition coefficient (Wildman–Crippen LogP) is 2.38. The second kappa shape index (κ2) is 13.2. The van der Waals surface area contributed by atoms with Crippen molar-refractivity contribution in [2.45, 2.75) is 57.7 Å². The third-order valence-electron chi connectivity index (χ3n) is 6.76. The quantitative estimate of drug-likeness (QED) is 0.574. The predicted molar refractivity (Wildman–Crippen MR) is 140 cm³/mol. The number of benzene rings is 2. The largest absolute Gasteiger partial charge is 0.489 e. The third kappa shape index (κ3) is 7.76. The highest BCUT2D eigenvalue weighted by Crippen LogP contribution is 2.22. The number of para-hydroxylation sites is 1. The summed E-state index contributed by atoms with van der Waals surface area (Å²) in [5, 5.41) is 8.87. The zero-order valence-electron chi connectivity index (χ0n) is 21.9. The molecule has 9 heteroatoms. The second-order valence-corrected chi connectivity index (χ2v) is 9.57. The normalized spacial score (nSPS) is 23.5. The zero-order valence-corrected chi connectivity index (χ0v) is 21.9. The molecule has 0 saturated heterocycles. The molecule has 200 valence electrons. The van der Waals surface area contributed by atoms with Crippen molar-refractivity contribution in [2.24, 2.45) is 0 Å². The van der Waals surface area contributed by atoms with E-state index >= 15 is 0 Å². The van der Waals surface area contributed by atoms with Gasteiger partial charge in [0.2, 0.25) is 17.7 Å². The fraction of sp³-hybridized carbons (Fsp3) is 0.464. The first kappa shape index (κ1) is 28.1. The average molecular weight is 513 g/mol. The summed E-state index contributed by atoms with van der Waals surface area (Å²) in [4.78, 5) is 40.5. The number of rotatable bonds is 2. The van der Waals surface area contributed by atoms with Crippen LogP contribution in [0.15, 0.2) is 48.5 Å². The number of aryl methyl sites for hydroxylation is 1. The van der Waals surface area contributed by atoms with Crippen LogP contribution in [0.1, 0.15) is 44.2 Å². The van der Waals surface area contributed by atoms with Gasteiger partial charge in [0.05, 0.1) is 6.54 Å². The summed E-state index contributed by atoms with van der Waals surface area (Å²) in [6.45, 7) is 6.25. The van der Waals surface area contributed by atoms with Crippen LogP contribution in [0.3, 0.4) is 0 Å². The van der Waals surface area contributed by atoms with Crippen molar-refractivity contribution >= 4 is 17.7 Å². The Kier molecular flexibility index (Phi) is 10.0. The first-order valence-corrected chi connectivity index (χ1v) is 12.7. The minimum Gasteiger partial charge on any atom is -0.489 e. The molecule has 0 aliphatic carbocycles. The lowest BCUT2D eigenvalue weighted by Gasteiger charge is -2.29. The van der Waals surface area contributed by atoms with Gasteiger partial charge in [-0.3, -0.25) is 14.4 Å². The number of hydrogen-bond acceptors (Lipinski definition) is 5. The lowest BCUT2D eigenvalue weighted by atomic mass is 9.92. The molecule has 0 radical (unpaired) electrons. The van der Waals surface area contributed by atoms with E-state index in [1.807, 2.05) is 38.1 Å². The maximum atomic E-state index is 13.5. The molecular weight excluding hydrogens is 475 g/mol. The monoisotopic (exact) mass is 512 g/mol. The highest BCUT2D eigenvalue weighted by Gasteiger charge is 2.31. The van der Waals surface area contributed by atoms with Crippen LogP contribution in [0.25, 0.3) is 0 Å². The van der Waals surface area contributed by atoms with Crippen LogP contribution >= 0.6 is 0 Å². The lowest BCUT2D eigenvalue weighted by Crippen LogP contribution is -2.55. The Labute approximate surface area is 217 Å². The number of amides is 3. The van der Waals surface area contributed by atoms with Crippen LogP contribution < -0.4 is 20.7 Å². The van der Waals surface area contributed by atoms with Gasteiger partial charge in [0.25, 0.3) is 0 Å². The van der Waals surface area contributed by atoms with E-state index in [0.717, 1.165) is 11.3 Å². The molecule has 0 aromatic heterocycles. The van der Waals surface area contributed by atoms with Crippen molar-refractivity contribution < 1.29 is 23.5 Å². The molecule has 3 rings (SSSR count). The highest BCUT2D eigenvalue weighted by atomic mass is 19.1. The number of hydrogen-bond donors (Lipinski definition) is 3. The van der Waals surface area contributed by atoms with Gasteiger partial charge in [-0.2, -0.15) is 0 Å². The molecule has 2 aromatic carbocycles. The Morgan fingerprint density at radius 2 is 1.73 bits per heavy atom. The minimum atomic E-state index is -0.905. The highest BCUT2D eigenvalue weighted by molar-refractivity contribution is 5.92. The summed E-state index contributed by atoms with van der Waals surface area (Å²) in [6, 6.07) is 11.9. The van der Waals surface area contributed by atoms with E-state index in [-0.39, 0.29) is 30.3 Å². The molecule has 3 amide bonds. The number of carbonyl (C=O) groups excluding carboxylic acids is 3. The van der Waals surface area contributed by atoms with E-state index in [0.29, 0.717) is 31.5 Å². The van der Waals surface area contributed by atoms with Gasteiger partial charge < -0.3 is 25.6 Å². The Bertz CT molecular complexity index is 1080. The van der Waals surface area contributed by atoms with Crippen LogP contribution in [0.5, 0.6) is 5.75 Å². The van der Waals surface area contributed by atoms with Crippen molar-refractivity contribution in [3.8, 4) is 5.75 Å². The molecule has 37 heavy (non-hydrogen) atoms. The molecule has 0 saturated carbocycles. The summed E-state index contributed by atoms with van der Waals surface area (Å²) in [6.07, 6.45) is 1.20. The lowest BCUT2D eigenvalue weighted by molar-refractivity contribution is -0.139. The molecule has 2 aromatic rings. The number of fused-ring (bicyclic) bond motifs is 1. The fourth-order valence-corrected chi connectivity index (χ4v) is 4.23. The molecule has 1 aliphatic rings. The molecule has 4 atom stereocenters. The van der Waals surface area contributed by atoms with Crippen molar-refractivity contribution in [2.75, 3.05) is 26.7 Å². The molecular formula is C28H37FN4O4. The molecule has 1 aliphatic heterocycles. The van der Waals surface area contributed by atoms with E-state index in [2.05, 4.69) is 16.0 Å². The summed E-state index contributed by atoms with van der Waals surface area (Å²) in [7, 11) is 1.56. The van der Waals surface area contributed by atoms with E-state index in [1.54, 1.807) is 26.1 Å². The van der Waals surface area contributed by atoms with Crippen LogP contribution in [0, 0.1) is 5.82 Å². The van der Waals surface area contributed by atoms with Gasteiger partial charge >= 0.3 is 0 Å². The average Bonchev–Trinajstić information content (AvgIpc) is 2.88. The SMILES string of the molecule is CC(c1ccc(F)cc1)[C@H]1NC(=O)[C@@H](C)N(C)C(=O)CNC[C@@H](C)Oc2ccccc2CCCNC1=O. The van der Waals surface area contributed by atoms with E-state index < -0.39 is 23.9 Å². The Morgan fingerprint density at radius 1 is 1.03 bits per heavy atom. The van der Waals surface area contributed by atoms with E-state index in [4.69, 9.17) is 4.74 Å². The van der Waals surface area contributed by atoms with Gasteiger partial charge in [0, 0.05) is 26.1 Å². The smallest absolute Gasteiger partial charge is 0.243 e. The Morgan fingerprint density at radius 3 is 2.46 bits per heavy atom. The van der Waals surface area contributed by atoms with Gasteiger partial charge in [0.15, 0.2) is 0 Å². The van der Waals surface area contributed by atoms with E-state index in [9.17, 15) is 18.8 Å². The maximum absolute atomic E-state index is 13.5. The molecule has 0 fully saturated rings. The molecule has 1 heterocycles. The van der Waals surface area contributed by atoms with Gasteiger partial charge in [-0.05, 0) is 56.0 Å². The van der Waals surface area contributed by atoms with Gasteiger partial charge in [-0.25, -0.2) is 4.39 Å². The first-order valence-electron chi connectivity index (χ1n) is 12.7. The standard InChI is InChI=1S/C28H37FN4O4/c1-18-16-30-17-25(34)33(4)20(3)27(35)32-26(19(2)21-11-13-23(29)14-12-21)28(36)31-15-7-9-22-8-5-6-10-24(22)37-18/h5-6,8,10-14,18-20,26,30H,7,9,15-17H2,1-4H3,(H,31,36)(H,32,35)/t18-,19?,20-,26-/m1/s1. The number of nitrogens with zero attached hydrogens (tertiary/aromatic N) is 1. The second-order valence-electron chi connectivity index (χ2n) is 9.57. The summed E-state index contributed by atoms with van der Waals surface area (Å²) >= 11 is 0. The number of likely N-dealkylation sites (N-methyl/N-ethyl adjacent to an activating group) is 1. The van der Waals surface area contributed by atoms with Crippen LogP contribution in [0.4, 0.5) is 4.39 Å². The zero-order chi connectivity index (χ0) is 26.9.